The number of carbonyl (C=O) groups excluding carboxylic acids is 1. The number of sulfone groups is 1. The number of benzene rings is 2. The summed E-state index contributed by atoms with van der Waals surface area (Å²) in [6.07, 6.45) is -15.9. The third kappa shape index (κ3) is 6.86. The number of nitro groups is 1. The third-order valence-corrected chi connectivity index (χ3v) is 6.51. The molecule has 0 bridgehead atoms. The van der Waals surface area contributed by atoms with Gasteiger partial charge in [0.1, 0.15) is 0 Å². The van der Waals surface area contributed by atoms with E-state index < -0.39 is 83.8 Å². The molecular formula is C19H13F9N2O5S. The van der Waals surface area contributed by atoms with Crippen molar-refractivity contribution in [2.45, 2.75) is 30.3 Å². The molecule has 1 atom stereocenters. The van der Waals surface area contributed by atoms with Crippen LogP contribution in [-0.2, 0) is 33.2 Å². The molecule has 198 valence electrons. The number of amides is 1. The van der Waals surface area contributed by atoms with Crippen molar-refractivity contribution in [1.82, 2.24) is 0 Å². The average molecular weight is 552 g/mol. The minimum Gasteiger partial charge on any atom is -0.325 e. The fourth-order valence-electron chi connectivity index (χ4n) is 2.85. The maximum atomic E-state index is 13.3. The summed E-state index contributed by atoms with van der Waals surface area (Å²) in [4.78, 5) is 20.5. The number of nitro benzene ring substituents is 1. The van der Waals surface area contributed by atoms with Crippen molar-refractivity contribution < 1.29 is 57.6 Å². The summed E-state index contributed by atoms with van der Waals surface area (Å²) in [5, 5.41) is 12.5. The van der Waals surface area contributed by atoms with Crippen LogP contribution in [0.15, 0.2) is 41.3 Å². The molecular weight excluding hydrogens is 539 g/mol. The van der Waals surface area contributed by atoms with Crippen LogP contribution in [0.1, 0.15) is 23.6 Å². The summed E-state index contributed by atoms with van der Waals surface area (Å²) in [5.41, 5.74) is -7.45. The Morgan fingerprint density at radius 1 is 0.917 bits per heavy atom. The van der Waals surface area contributed by atoms with Crippen LogP contribution in [0.25, 0.3) is 0 Å². The van der Waals surface area contributed by atoms with Crippen LogP contribution in [0.3, 0.4) is 0 Å². The van der Waals surface area contributed by atoms with Crippen LogP contribution in [-0.4, -0.2) is 25.0 Å². The van der Waals surface area contributed by atoms with E-state index in [0.717, 1.165) is 6.92 Å². The van der Waals surface area contributed by atoms with Crippen molar-refractivity contribution in [2.75, 3.05) is 11.1 Å². The Hall–Kier alpha value is -3.37. The van der Waals surface area contributed by atoms with Gasteiger partial charge in [0.15, 0.2) is 9.84 Å². The molecule has 0 radical (unpaired) electrons. The first-order chi connectivity index (χ1) is 16.1. The highest BCUT2D eigenvalue weighted by Gasteiger charge is 2.39. The molecule has 0 aromatic heterocycles. The number of hydrogen-bond acceptors (Lipinski definition) is 5. The van der Waals surface area contributed by atoms with Gasteiger partial charge in [-0.2, -0.15) is 39.5 Å². The second kappa shape index (κ2) is 9.59. The van der Waals surface area contributed by atoms with Crippen molar-refractivity contribution >= 4 is 27.1 Å². The smallest absolute Gasteiger partial charge is 0.325 e. The van der Waals surface area contributed by atoms with Gasteiger partial charge >= 0.3 is 18.5 Å². The first-order valence-corrected chi connectivity index (χ1v) is 11.0. The second-order valence-corrected chi connectivity index (χ2v) is 9.43. The first-order valence-electron chi connectivity index (χ1n) is 9.31. The molecule has 0 aliphatic rings. The predicted molar refractivity (Wildman–Crippen MR) is 104 cm³/mol. The van der Waals surface area contributed by atoms with E-state index in [4.69, 9.17) is 0 Å². The van der Waals surface area contributed by atoms with Crippen LogP contribution in [0.5, 0.6) is 0 Å². The van der Waals surface area contributed by atoms with Gasteiger partial charge in [-0.05, 0) is 24.3 Å². The highest BCUT2D eigenvalue weighted by molar-refractivity contribution is 7.91. The number of non-ortho nitro benzene ring substituents is 1. The minimum absolute atomic E-state index is 0.0622. The van der Waals surface area contributed by atoms with Crippen molar-refractivity contribution in [3.05, 3.63) is 63.2 Å². The third-order valence-electron chi connectivity index (χ3n) is 4.61. The van der Waals surface area contributed by atoms with E-state index in [2.05, 4.69) is 0 Å². The zero-order valence-corrected chi connectivity index (χ0v) is 18.4. The highest BCUT2D eigenvalue weighted by Crippen LogP contribution is 2.39. The summed E-state index contributed by atoms with van der Waals surface area (Å²) in [6.45, 7) is 0.851. The van der Waals surface area contributed by atoms with Crippen molar-refractivity contribution in [3.8, 4) is 0 Å². The summed E-state index contributed by atoms with van der Waals surface area (Å²) < 4.78 is 143. The quantitative estimate of drug-likeness (QED) is 0.281. The summed E-state index contributed by atoms with van der Waals surface area (Å²) in [7, 11) is -4.99. The Kier molecular flexibility index (Phi) is 7.69. The molecule has 0 aliphatic carbocycles. The van der Waals surface area contributed by atoms with E-state index in [9.17, 15) is 62.8 Å². The number of anilines is 1. The van der Waals surface area contributed by atoms with Gasteiger partial charge in [0.2, 0.25) is 5.91 Å². The van der Waals surface area contributed by atoms with Gasteiger partial charge < -0.3 is 5.32 Å². The lowest BCUT2D eigenvalue weighted by Crippen LogP contribution is -2.28. The zero-order chi connectivity index (χ0) is 27.9. The maximum Gasteiger partial charge on any atom is 0.418 e. The van der Waals surface area contributed by atoms with E-state index in [0.29, 0.717) is 12.1 Å². The molecule has 0 aliphatic heterocycles. The minimum atomic E-state index is -5.35. The van der Waals surface area contributed by atoms with Gasteiger partial charge in [0, 0.05) is 18.1 Å². The Labute approximate surface area is 196 Å². The van der Waals surface area contributed by atoms with Gasteiger partial charge in [0.05, 0.1) is 37.9 Å². The van der Waals surface area contributed by atoms with E-state index in [1.54, 1.807) is 5.32 Å². The standard InChI is InChI=1S/C19H13F9N2O5S/c1-9(16(31)29-15-3-2-12(30(32)33)7-14(15)19(26,27)28)8-36(34,35)13-5-10(17(20,21)22)4-11(6-13)18(23,24)25/h2-7,9H,8H2,1H3,(H,29,31). The normalized spacial score (nSPS) is 13.8. The number of nitrogens with zero attached hydrogens (tertiary/aromatic N) is 1. The molecule has 2 aromatic carbocycles. The molecule has 0 heterocycles. The van der Waals surface area contributed by atoms with Gasteiger partial charge in [-0.25, -0.2) is 8.42 Å². The lowest BCUT2D eigenvalue weighted by atomic mass is 10.1. The van der Waals surface area contributed by atoms with Gasteiger partial charge in [-0.15, -0.1) is 0 Å². The van der Waals surface area contributed by atoms with Crippen molar-refractivity contribution in [3.63, 3.8) is 0 Å². The Balaban J connectivity index is 2.39. The molecule has 0 fully saturated rings. The topological polar surface area (TPSA) is 106 Å². The lowest BCUT2D eigenvalue weighted by molar-refractivity contribution is -0.385. The van der Waals surface area contributed by atoms with E-state index in [-0.39, 0.29) is 24.3 Å². The van der Waals surface area contributed by atoms with Crippen LogP contribution in [0.2, 0.25) is 0 Å². The first kappa shape index (κ1) is 28.9. The summed E-state index contributed by atoms with van der Waals surface area (Å²) in [6, 6.07) is 0.831. The van der Waals surface area contributed by atoms with Crippen molar-refractivity contribution in [2.24, 2.45) is 5.92 Å². The molecule has 2 aromatic rings. The van der Waals surface area contributed by atoms with Crippen LogP contribution >= 0.6 is 0 Å². The predicted octanol–water partition coefficient (Wildman–Crippen LogP) is 5.70. The Morgan fingerprint density at radius 2 is 1.42 bits per heavy atom. The van der Waals surface area contributed by atoms with E-state index in [1.807, 2.05) is 0 Å². The maximum absolute atomic E-state index is 13.3. The van der Waals surface area contributed by atoms with Gasteiger partial charge in [-0.1, -0.05) is 6.92 Å². The van der Waals surface area contributed by atoms with Crippen molar-refractivity contribution in [1.29, 1.82) is 0 Å². The van der Waals surface area contributed by atoms with Gasteiger partial charge in [-0.3, -0.25) is 14.9 Å². The number of carbonyl (C=O) groups is 1. The SMILES string of the molecule is CC(CS(=O)(=O)c1cc(C(F)(F)F)cc(C(F)(F)F)c1)C(=O)Nc1ccc([N+](=O)[O-])cc1C(F)(F)F. The van der Waals surface area contributed by atoms with E-state index >= 15 is 0 Å². The Morgan fingerprint density at radius 3 is 1.83 bits per heavy atom. The zero-order valence-electron chi connectivity index (χ0n) is 17.5. The fourth-order valence-corrected chi connectivity index (χ4v) is 4.47. The molecule has 1 amide bonds. The van der Waals surface area contributed by atoms with E-state index in [1.165, 1.54) is 0 Å². The molecule has 17 heteroatoms. The van der Waals surface area contributed by atoms with Crippen LogP contribution < -0.4 is 5.32 Å². The molecule has 2 rings (SSSR count). The molecule has 1 N–H and O–H groups in total. The summed E-state index contributed by atoms with van der Waals surface area (Å²) >= 11 is 0. The molecule has 7 nitrogen and oxygen atoms in total. The second-order valence-electron chi connectivity index (χ2n) is 7.40. The Bertz CT molecular complexity index is 1250. The average Bonchev–Trinajstić information content (AvgIpc) is 2.71. The van der Waals surface area contributed by atoms with Gasteiger partial charge in [0.25, 0.3) is 5.69 Å². The molecule has 0 spiro atoms. The fraction of sp³-hybridized carbons (Fsp3) is 0.316. The number of halogens is 9. The largest absolute Gasteiger partial charge is 0.418 e. The number of alkyl halides is 9. The monoisotopic (exact) mass is 552 g/mol. The number of nitrogens with one attached hydrogen (secondary N) is 1. The highest BCUT2D eigenvalue weighted by atomic mass is 32.2. The molecule has 0 saturated heterocycles. The number of hydrogen-bond donors (Lipinski definition) is 1. The lowest BCUT2D eigenvalue weighted by Gasteiger charge is -2.18. The molecule has 0 saturated carbocycles. The molecule has 36 heavy (non-hydrogen) atoms. The van der Waals surface area contributed by atoms with Crippen LogP contribution in [0.4, 0.5) is 50.9 Å². The number of rotatable bonds is 6. The summed E-state index contributed by atoms with van der Waals surface area (Å²) in [5.74, 6) is -4.54. The molecule has 1 unspecified atom stereocenters. The van der Waals surface area contributed by atoms with Crippen LogP contribution in [0, 0.1) is 16.0 Å².